The lowest BCUT2D eigenvalue weighted by Gasteiger charge is -2.11. The molecule has 1 rings (SSSR count). The Morgan fingerprint density at radius 1 is 1.33 bits per heavy atom. The molecule has 1 aromatic carbocycles. The first-order valence-corrected chi connectivity index (χ1v) is 6.37. The summed E-state index contributed by atoms with van der Waals surface area (Å²) >= 11 is 10.5. The van der Waals surface area contributed by atoms with Crippen LogP contribution in [0, 0.1) is 0 Å². The van der Waals surface area contributed by atoms with Crippen molar-refractivity contribution in [2.75, 3.05) is 5.33 Å². The van der Waals surface area contributed by atoms with Crippen LogP contribution in [0.1, 0.15) is 18.4 Å². The lowest BCUT2D eigenvalue weighted by molar-refractivity contribution is 0.880. The molecule has 0 heterocycles. The highest BCUT2D eigenvalue weighted by Crippen LogP contribution is 2.31. The Labute approximate surface area is 98.1 Å². The molecule has 12 heavy (non-hydrogen) atoms. The van der Waals surface area contributed by atoms with Crippen LogP contribution in [0.25, 0.3) is 0 Å². The van der Waals surface area contributed by atoms with Crippen LogP contribution in [-0.4, -0.2) is 5.33 Å². The number of rotatable bonds is 2. The monoisotopic (exact) mass is 354 g/mol. The first-order chi connectivity index (χ1) is 5.66. The average molecular weight is 357 g/mol. The topological polar surface area (TPSA) is 0 Å². The van der Waals surface area contributed by atoms with E-state index < -0.39 is 0 Å². The van der Waals surface area contributed by atoms with Gasteiger partial charge in [0.1, 0.15) is 0 Å². The Kier molecular flexibility index (Phi) is 4.27. The highest BCUT2D eigenvalue weighted by Gasteiger charge is 2.09. The zero-order valence-electron chi connectivity index (χ0n) is 6.65. The Hall–Kier alpha value is 0.660. The van der Waals surface area contributed by atoms with E-state index in [0.717, 1.165) is 14.3 Å². The van der Waals surface area contributed by atoms with Gasteiger partial charge in [0.05, 0.1) is 0 Å². The largest absolute Gasteiger partial charge is 0.0922 e. The Balaban J connectivity index is 3.07. The molecule has 0 N–H and O–H groups in total. The molecular weight excluding hydrogens is 348 g/mol. The van der Waals surface area contributed by atoms with Crippen LogP contribution in [0.3, 0.4) is 0 Å². The average Bonchev–Trinajstić information content (AvgIpc) is 2.08. The van der Waals surface area contributed by atoms with E-state index in [-0.39, 0.29) is 0 Å². The van der Waals surface area contributed by atoms with E-state index in [9.17, 15) is 0 Å². The number of hydrogen-bond donors (Lipinski definition) is 0. The van der Waals surface area contributed by atoms with Gasteiger partial charge in [0, 0.05) is 14.3 Å². The number of halogens is 3. The van der Waals surface area contributed by atoms with Crippen molar-refractivity contribution >= 4 is 47.8 Å². The second kappa shape index (κ2) is 4.77. The van der Waals surface area contributed by atoms with Gasteiger partial charge in [-0.25, -0.2) is 0 Å². The summed E-state index contributed by atoms with van der Waals surface area (Å²) in [4.78, 5) is 0. The minimum absolute atomic E-state index is 0.539. The molecule has 0 aliphatic rings. The molecule has 0 spiro atoms. The molecule has 0 amide bonds. The van der Waals surface area contributed by atoms with Crippen LogP contribution in [0.4, 0.5) is 0 Å². The first kappa shape index (κ1) is 10.7. The van der Waals surface area contributed by atoms with E-state index in [0.29, 0.717) is 5.92 Å². The van der Waals surface area contributed by atoms with Gasteiger partial charge in [-0.05, 0) is 49.4 Å². The molecule has 0 aliphatic carbocycles. The molecule has 0 nitrogen and oxygen atoms in total. The van der Waals surface area contributed by atoms with Crippen molar-refractivity contribution in [1.29, 1.82) is 0 Å². The summed E-state index contributed by atoms with van der Waals surface area (Å²) in [6.45, 7) is 2.20. The van der Waals surface area contributed by atoms with Gasteiger partial charge in [-0.15, -0.1) is 0 Å². The van der Waals surface area contributed by atoms with Crippen molar-refractivity contribution in [3.63, 3.8) is 0 Å². The van der Waals surface area contributed by atoms with Gasteiger partial charge in [-0.1, -0.05) is 35.0 Å². The number of hydrogen-bond acceptors (Lipinski definition) is 0. The van der Waals surface area contributed by atoms with Crippen LogP contribution in [0.5, 0.6) is 0 Å². The highest BCUT2D eigenvalue weighted by molar-refractivity contribution is 9.13. The van der Waals surface area contributed by atoms with Crippen molar-refractivity contribution in [1.82, 2.24) is 0 Å². The van der Waals surface area contributed by atoms with Gasteiger partial charge in [0.2, 0.25) is 0 Å². The van der Waals surface area contributed by atoms with Gasteiger partial charge in [0.15, 0.2) is 0 Å². The molecule has 1 aromatic rings. The lowest BCUT2D eigenvalue weighted by atomic mass is 10.0. The van der Waals surface area contributed by atoms with Crippen molar-refractivity contribution in [2.24, 2.45) is 0 Å². The van der Waals surface area contributed by atoms with Gasteiger partial charge in [0.25, 0.3) is 0 Å². The normalized spacial score (nSPS) is 13.0. The molecule has 0 saturated carbocycles. The van der Waals surface area contributed by atoms with E-state index in [2.05, 4.69) is 66.8 Å². The number of benzene rings is 1. The third kappa shape index (κ3) is 2.33. The molecule has 0 aromatic heterocycles. The smallest absolute Gasteiger partial charge is 0.0352 e. The summed E-state index contributed by atoms with van der Waals surface area (Å²) in [5.41, 5.74) is 1.33. The molecule has 0 bridgehead atoms. The van der Waals surface area contributed by atoms with Gasteiger partial charge < -0.3 is 0 Å². The predicted molar refractivity (Wildman–Crippen MR) is 64.1 cm³/mol. The molecular formula is C9H9Br3. The molecule has 0 aliphatic heterocycles. The third-order valence-corrected chi connectivity index (χ3v) is 4.79. The van der Waals surface area contributed by atoms with Crippen LogP contribution in [-0.2, 0) is 0 Å². The fourth-order valence-corrected chi connectivity index (χ4v) is 2.37. The minimum atomic E-state index is 0.539. The van der Waals surface area contributed by atoms with Gasteiger partial charge in [-0.3, -0.25) is 0 Å². The molecule has 1 unspecified atom stereocenters. The molecule has 66 valence electrons. The zero-order valence-corrected chi connectivity index (χ0v) is 11.4. The summed E-state index contributed by atoms with van der Waals surface area (Å²) in [7, 11) is 0. The van der Waals surface area contributed by atoms with Gasteiger partial charge >= 0.3 is 0 Å². The zero-order chi connectivity index (χ0) is 9.14. The van der Waals surface area contributed by atoms with Crippen molar-refractivity contribution in [2.45, 2.75) is 12.8 Å². The van der Waals surface area contributed by atoms with E-state index in [1.54, 1.807) is 0 Å². The Bertz CT molecular complexity index is 270. The van der Waals surface area contributed by atoms with E-state index >= 15 is 0 Å². The first-order valence-electron chi connectivity index (χ1n) is 3.66. The summed E-state index contributed by atoms with van der Waals surface area (Å²) in [6.07, 6.45) is 0. The fraction of sp³-hybridized carbons (Fsp3) is 0.333. The SMILES string of the molecule is CC(CBr)c1cccc(Br)c1Br. The minimum Gasteiger partial charge on any atom is -0.0922 e. The lowest BCUT2D eigenvalue weighted by Crippen LogP contribution is -1.95. The Morgan fingerprint density at radius 2 is 2.00 bits per heavy atom. The maximum Gasteiger partial charge on any atom is 0.0352 e. The molecule has 3 heteroatoms. The predicted octanol–water partition coefficient (Wildman–Crippen LogP) is 4.71. The standard InChI is InChI=1S/C9H9Br3/c1-6(5-10)7-3-2-4-8(11)9(7)12/h2-4,6H,5H2,1H3. The van der Waals surface area contributed by atoms with E-state index in [1.807, 2.05) is 6.07 Å². The molecule has 0 fully saturated rings. The van der Waals surface area contributed by atoms with Crippen molar-refractivity contribution in [3.05, 3.63) is 32.7 Å². The quantitative estimate of drug-likeness (QED) is 0.673. The number of alkyl halides is 1. The van der Waals surface area contributed by atoms with Crippen LogP contribution in [0.2, 0.25) is 0 Å². The van der Waals surface area contributed by atoms with Crippen LogP contribution >= 0.6 is 47.8 Å². The third-order valence-electron chi connectivity index (χ3n) is 1.74. The second-order valence-electron chi connectivity index (χ2n) is 2.70. The highest BCUT2D eigenvalue weighted by atomic mass is 79.9. The van der Waals surface area contributed by atoms with Crippen molar-refractivity contribution < 1.29 is 0 Å². The van der Waals surface area contributed by atoms with Crippen LogP contribution < -0.4 is 0 Å². The second-order valence-corrected chi connectivity index (χ2v) is 4.99. The summed E-state index contributed by atoms with van der Waals surface area (Å²) < 4.78 is 2.28. The maximum absolute atomic E-state index is 3.55. The van der Waals surface area contributed by atoms with E-state index in [1.165, 1.54) is 5.56 Å². The fourth-order valence-electron chi connectivity index (χ4n) is 0.984. The summed E-state index contributed by atoms with van der Waals surface area (Å²) in [6, 6.07) is 6.23. The van der Waals surface area contributed by atoms with E-state index in [4.69, 9.17) is 0 Å². The summed E-state index contributed by atoms with van der Waals surface area (Å²) in [5, 5.41) is 0.988. The maximum atomic E-state index is 3.55. The van der Waals surface area contributed by atoms with Crippen molar-refractivity contribution in [3.8, 4) is 0 Å². The molecule has 1 atom stereocenters. The Morgan fingerprint density at radius 3 is 2.58 bits per heavy atom. The van der Waals surface area contributed by atoms with Gasteiger partial charge in [-0.2, -0.15) is 0 Å². The van der Waals surface area contributed by atoms with Crippen LogP contribution in [0.15, 0.2) is 27.1 Å². The summed E-state index contributed by atoms with van der Waals surface area (Å²) in [5.74, 6) is 0.539. The molecule has 0 radical (unpaired) electrons. The molecule has 0 saturated heterocycles.